The van der Waals surface area contributed by atoms with Crippen LogP contribution in [0.2, 0.25) is 0 Å². The highest BCUT2D eigenvalue weighted by Crippen LogP contribution is 2.36. The van der Waals surface area contributed by atoms with Crippen molar-refractivity contribution in [3.63, 3.8) is 0 Å². The van der Waals surface area contributed by atoms with Crippen LogP contribution in [0.25, 0.3) is 55.2 Å². The largest absolute Gasteiger partial charge is 0.353 e. The number of hydrogen-bond acceptors (Lipinski definition) is 5. The van der Waals surface area contributed by atoms with Gasteiger partial charge in [-0.05, 0) is 43.3 Å². The highest BCUT2D eigenvalue weighted by molar-refractivity contribution is 7.15. The Kier molecular flexibility index (Phi) is 3.75. The number of aryl methyl sites for hydroxylation is 1. The Morgan fingerprint density at radius 1 is 0.933 bits per heavy atom. The van der Waals surface area contributed by atoms with Crippen LogP contribution in [0.1, 0.15) is 4.88 Å². The highest BCUT2D eigenvalue weighted by Gasteiger charge is 2.16. The number of fused-ring (bicyclic) bond motifs is 2. The summed E-state index contributed by atoms with van der Waals surface area (Å²) in [6.45, 7) is 2.13. The molecular weight excluding hydrogens is 392 g/mol. The average Bonchev–Trinajstić information content (AvgIpc) is 3.51. The second-order valence-electron chi connectivity index (χ2n) is 7.12. The van der Waals surface area contributed by atoms with Gasteiger partial charge < -0.3 is 4.98 Å². The smallest absolute Gasteiger partial charge is 0.135 e. The van der Waals surface area contributed by atoms with Gasteiger partial charge in [0.15, 0.2) is 0 Å². The Morgan fingerprint density at radius 3 is 2.73 bits per heavy atom. The lowest BCUT2D eigenvalue weighted by Crippen LogP contribution is -1.89. The van der Waals surface area contributed by atoms with Crippen LogP contribution in [-0.4, -0.2) is 30.1 Å². The Balaban J connectivity index is 1.52. The van der Waals surface area contributed by atoms with Crippen LogP contribution < -0.4 is 0 Å². The molecule has 0 aliphatic rings. The molecule has 2 N–H and O–H groups in total. The van der Waals surface area contributed by atoms with Crippen LogP contribution in [-0.2, 0) is 0 Å². The number of benzene rings is 1. The maximum absolute atomic E-state index is 4.82. The third kappa shape index (κ3) is 2.71. The first-order chi connectivity index (χ1) is 14.8. The number of hydrogen-bond donors (Lipinski definition) is 2. The number of aromatic amines is 2. The van der Waals surface area contributed by atoms with Crippen LogP contribution >= 0.6 is 11.3 Å². The zero-order valence-electron chi connectivity index (χ0n) is 16.0. The number of pyridine rings is 1. The molecule has 6 nitrogen and oxygen atoms in total. The van der Waals surface area contributed by atoms with Crippen LogP contribution in [0, 0.1) is 6.92 Å². The van der Waals surface area contributed by atoms with E-state index in [-0.39, 0.29) is 0 Å². The predicted octanol–water partition coefficient (Wildman–Crippen LogP) is 5.60. The summed E-state index contributed by atoms with van der Waals surface area (Å²) in [5, 5.41) is 8.82. The number of H-pyrrole nitrogens is 2. The van der Waals surface area contributed by atoms with E-state index >= 15 is 0 Å². The number of nitrogens with zero attached hydrogens (tertiary/aromatic N) is 4. The fraction of sp³-hybridized carbons (Fsp3) is 0.0435. The van der Waals surface area contributed by atoms with Crippen molar-refractivity contribution in [2.45, 2.75) is 6.92 Å². The quantitative estimate of drug-likeness (QED) is 0.399. The molecule has 0 unspecified atom stereocenters. The van der Waals surface area contributed by atoms with Crippen molar-refractivity contribution in [1.29, 1.82) is 0 Å². The van der Waals surface area contributed by atoms with Gasteiger partial charge in [0.1, 0.15) is 16.9 Å². The lowest BCUT2D eigenvalue weighted by atomic mass is 10.1. The van der Waals surface area contributed by atoms with Crippen molar-refractivity contribution in [2.24, 2.45) is 0 Å². The number of nitrogens with one attached hydrogen (secondary N) is 2. The maximum atomic E-state index is 4.82. The van der Waals surface area contributed by atoms with Crippen LogP contribution in [0.5, 0.6) is 0 Å². The fourth-order valence-corrected chi connectivity index (χ4v) is 4.64. The summed E-state index contributed by atoms with van der Waals surface area (Å²) in [5.74, 6) is 0. The molecule has 0 spiro atoms. The zero-order valence-corrected chi connectivity index (χ0v) is 16.9. The Labute approximate surface area is 175 Å². The first-order valence-electron chi connectivity index (χ1n) is 9.57. The van der Waals surface area contributed by atoms with E-state index in [9.17, 15) is 0 Å². The average molecular weight is 408 g/mol. The summed E-state index contributed by atoms with van der Waals surface area (Å²) in [7, 11) is 0. The van der Waals surface area contributed by atoms with Gasteiger partial charge in [0.2, 0.25) is 0 Å². The molecule has 0 bridgehead atoms. The van der Waals surface area contributed by atoms with E-state index < -0.39 is 0 Å². The normalized spacial score (nSPS) is 11.5. The predicted molar refractivity (Wildman–Crippen MR) is 120 cm³/mol. The van der Waals surface area contributed by atoms with Gasteiger partial charge in [0, 0.05) is 38.6 Å². The second-order valence-corrected chi connectivity index (χ2v) is 8.40. The second kappa shape index (κ2) is 6.60. The van der Waals surface area contributed by atoms with Crippen LogP contribution in [0.4, 0.5) is 0 Å². The third-order valence-corrected chi connectivity index (χ3v) is 6.19. The minimum absolute atomic E-state index is 0.735. The first-order valence-corrected chi connectivity index (χ1v) is 10.4. The van der Waals surface area contributed by atoms with Crippen molar-refractivity contribution < 1.29 is 0 Å². The molecule has 0 radical (unpaired) electrons. The summed E-state index contributed by atoms with van der Waals surface area (Å²) in [6.07, 6.45) is 5.04. The number of rotatable bonds is 3. The van der Waals surface area contributed by atoms with Gasteiger partial charge in [-0.1, -0.05) is 12.1 Å². The minimum atomic E-state index is 0.735. The Bertz CT molecular complexity index is 1510. The molecule has 5 heterocycles. The SMILES string of the molecule is Cc1ccc(-c2cccc3[nH]c(-c4n[nH]c5ccc(-c6cnccn6)nc45)cc23)s1. The van der Waals surface area contributed by atoms with Crippen LogP contribution in [0.15, 0.2) is 67.1 Å². The van der Waals surface area contributed by atoms with Crippen molar-refractivity contribution in [3.05, 3.63) is 72.0 Å². The lowest BCUT2D eigenvalue weighted by molar-refractivity contribution is 1.12. The van der Waals surface area contributed by atoms with E-state index in [1.807, 2.05) is 12.1 Å². The van der Waals surface area contributed by atoms with E-state index in [4.69, 9.17) is 4.98 Å². The van der Waals surface area contributed by atoms with Gasteiger partial charge in [0.25, 0.3) is 0 Å². The van der Waals surface area contributed by atoms with E-state index in [0.717, 1.165) is 39.3 Å². The molecule has 30 heavy (non-hydrogen) atoms. The van der Waals surface area contributed by atoms with Gasteiger partial charge in [-0.15, -0.1) is 11.3 Å². The van der Waals surface area contributed by atoms with E-state index in [1.54, 1.807) is 29.9 Å². The zero-order chi connectivity index (χ0) is 20.1. The third-order valence-electron chi connectivity index (χ3n) is 5.16. The summed E-state index contributed by atoms with van der Waals surface area (Å²) < 4.78 is 0. The molecule has 144 valence electrons. The van der Waals surface area contributed by atoms with Gasteiger partial charge in [-0.2, -0.15) is 5.10 Å². The van der Waals surface area contributed by atoms with E-state index in [0.29, 0.717) is 0 Å². The Hall–Kier alpha value is -3.84. The minimum Gasteiger partial charge on any atom is -0.353 e. The monoisotopic (exact) mass is 408 g/mol. The molecule has 0 atom stereocenters. The highest BCUT2D eigenvalue weighted by atomic mass is 32.1. The van der Waals surface area contributed by atoms with Gasteiger partial charge in [-0.25, -0.2) is 4.98 Å². The molecule has 6 rings (SSSR count). The number of thiophene rings is 1. The molecular formula is C23H16N6S. The van der Waals surface area contributed by atoms with Crippen molar-refractivity contribution in [1.82, 2.24) is 30.1 Å². The molecule has 0 aliphatic carbocycles. The summed E-state index contributed by atoms with van der Waals surface area (Å²) in [6, 6.07) is 16.7. The summed E-state index contributed by atoms with van der Waals surface area (Å²) in [5.41, 5.74) is 7.21. The molecule has 0 aliphatic heterocycles. The molecule has 0 amide bonds. The van der Waals surface area contributed by atoms with Crippen molar-refractivity contribution >= 4 is 33.3 Å². The van der Waals surface area contributed by atoms with Gasteiger partial charge in [-0.3, -0.25) is 15.1 Å². The maximum Gasteiger partial charge on any atom is 0.135 e. The molecule has 1 aromatic carbocycles. The van der Waals surface area contributed by atoms with Crippen molar-refractivity contribution in [2.75, 3.05) is 0 Å². The van der Waals surface area contributed by atoms with Crippen molar-refractivity contribution in [3.8, 4) is 33.2 Å². The molecule has 0 saturated heterocycles. The van der Waals surface area contributed by atoms with Gasteiger partial charge in [0.05, 0.1) is 23.1 Å². The Morgan fingerprint density at radius 2 is 1.90 bits per heavy atom. The van der Waals surface area contributed by atoms with Gasteiger partial charge >= 0.3 is 0 Å². The summed E-state index contributed by atoms with van der Waals surface area (Å²) in [4.78, 5) is 19.4. The first kappa shape index (κ1) is 17.1. The molecule has 6 aromatic rings. The van der Waals surface area contributed by atoms with E-state index in [2.05, 4.69) is 68.5 Å². The summed E-state index contributed by atoms with van der Waals surface area (Å²) >= 11 is 1.80. The molecule has 0 fully saturated rings. The topological polar surface area (TPSA) is 83.1 Å². The van der Waals surface area contributed by atoms with E-state index in [1.165, 1.54) is 20.7 Å². The molecule has 0 saturated carbocycles. The standard InChI is InChI=1S/C23H16N6S/c1-13-5-8-21(30-13)14-3-2-4-16-15(14)11-19(26-16)23-22-18(28-29-23)7-6-17(27-22)20-12-24-9-10-25-20/h2-12,26H,1H3,(H,28,29). The lowest BCUT2D eigenvalue weighted by Gasteiger charge is -1.99. The molecule has 5 aromatic heterocycles. The molecule has 7 heteroatoms. The fourth-order valence-electron chi connectivity index (χ4n) is 3.74. The number of aromatic nitrogens is 6. The van der Waals surface area contributed by atoms with Crippen LogP contribution in [0.3, 0.4) is 0 Å².